The SMILES string of the molecule is O=C(NC1CCN(c2ccccn2)C1)c1cnoc1-c1ccccc1. The zero-order valence-corrected chi connectivity index (χ0v) is 13.6. The highest BCUT2D eigenvalue weighted by Crippen LogP contribution is 2.24. The van der Waals surface area contributed by atoms with Gasteiger partial charge in [-0.05, 0) is 18.6 Å². The van der Waals surface area contributed by atoms with Crippen molar-refractivity contribution >= 4 is 11.7 Å². The maximum absolute atomic E-state index is 12.7. The highest BCUT2D eigenvalue weighted by atomic mass is 16.5. The minimum Gasteiger partial charge on any atom is -0.355 e. The van der Waals surface area contributed by atoms with E-state index in [-0.39, 0.29) is 11.9 Å². The van der Waals surface area contributed by atoms with Crippen molar-refractivity contribution in [3.8, 4) is 11.3 Å². The minimum atomic E-state index is -0.159. The van der Waals surface area contributed by atoms with Crippen LogP contribution >= 0.6 is 0 Å². The number of nitrogens with zero attached hydrogens (tertiary/aromatic N) is 3. The lowest BCUT2D eigenvalue weighted by Crippen LogP contribution is -2.37. The van der Waals surface area contributed by atoms with E-state index in [0.717, 1.165) is 30.9 Å². The molecule has 1 amide bonds. The van der Waals surface area contributed by atoms with Gasteiger partial charge < -0.3 is 14.7 Å². The van der Waals surface area contributed by atoms with Crippen molar-refractivity contribution in [3.05, 3.63) is 66.5 Å². The molecule has 25 heavy (non-hydrogen) atoms. The lowest BCUT2D eigenvalue weighted by atomic mass is 10.1. The summed E-state index contributed by atoms with van der Waals surface area (Å²) in [5.74, 6) is 1.28. The van der Waals surface area contributed by atoms with Crippen LogP contribution in [0.1, 0.15) is 16.8 Å². The van der Waals surface area contributed by atoms with E-state index in [1.165, 1.54) is 6.20 Å². The number of carbonyl (C=O) groups excluding carboxylic acids is 1. The van der Waals surface area contributed by atoms with Crippen LogP contribution < -0.4 is 10.2 Å². The first-order valence-corrected chi connectivity index (χ1v) is 8.28. The van der Waals surface area contributed by atoms with E-state index < -0.39 is 0 Å². The Bertz CT molecular complexity index is 848. The Morgan fingerprint density at radius 1 is 1.16 bits per heavy atom. The van der Waals surface area contributed by atoms with Crippen molar-refractivity contribution in [1.82, 2.24) is 15.5 Å². The summed E-state index contributed by atoms with van der Waals surface area (Å²) in [5, 5.41) is 6.88. The second kappa shape index (κ2) is 6.76. The molecule has 1 atom stereocenters. The van der Waals surface area contributed by atoms with Crippen molar-refractivity contribution in [3.63, 3.8) is 0 Å². The fourth-order valence-electron chi connectivity index (χ4n) is 3.09. The van der Waals surface area contributed by atoms with E-state index in [2.05, 4.69) is 20.4 Å². The molecular weight excluding hydrogens is 316 g/mol. The second-order valence-electron chi connectivity index (χ2n) is 6.03. The van der Waals surface area contributed by atoms with Gasteiger partial charge in [0.2, 0.25) is 0 Å². The summed E-state index contributed by atoms with van der Waals surface area (Å²) in [4.78, 5) is 19.2. The molecule has 4 rings (SSSR count). The summed E-state index contributed by atoms with van der Waals surface area (Å²) in [5.41, 5.74) is 1.30. The fourth-order valence-corrected chi connectivity index (χ4v) is 3.09. The van der Waals surface area contributed by atoms with Crippen molar-refractivity contribution in [1.29, 1.82) is 0 Å². The molecule has 0 aliphatic carbocycles. The van der Waals surface area contributed by atoms with E-state index >= 15 is 0 Å². The molecule has 0 spiro atoms. The van der Waals surface area contributed by atoms with E-state index in [0.29, 0.717) is 11.3 Å². The Balaban J connectivity index is 1.45. The van der Waals surface area contributed by atoms with Gasteiger partial charge in [0.25, 0.3) is 5.91 Å². The van der Waals surface area contributed by atoms with Crippen LogP contribution in [0.5, 0.6) is 0 Å². The standard InChI is InChI=1S/C19H18N4O2/c24-19(16-12-21-25-18(16)14-6-2-1-3-7-14)22-15-9-11-23(13-15)17-8-4-5-10-20-17/h1-8,10,12,15H,9,11,13H2,(H,22,24). The fraction of sp³-hybridized carbons (Fsp3) is 0.211. The highest BCUT2D eigenvalue weighted by Gasteiger charge is 2.27. The van der Waals surface area contributed by atoms with Crippen molar-refractivity contribution < 1.29 is 9.32 Å². The predicted octanol–water partition coefficient (Wildman–Crippen LogP) is 2.75. The van der Waals surface area contributed by atoms with Crippen LogP contribution in [0.4, 0.5) is 5.82 Å². The van der Waals surface area contributed by atoms with Crippen LogP contribution in [0.3, 0.4) is 0 Å². The van der Waals surface area contributed by atoms with Gasteiger partial charge in [-0.2, -0.15) is 0 Å². The molecule has 3 aromatic rings. The van der Waals surface area contributed by atoms with Crippen molar-refractivity contribution in [2.24, 2.45) is 0 Å². The van der Waals surface area contributed by atoms with Crippen LogP contribution in [0.2, 0.25) is 0 Å². The average molecular weight is 334 g/mol. The summed E-state index contributed by atoms with van der Waals surface area (Å²) in [6.07, 6.45) is 4.14. The number of amides is 1. The lowest BCUT2D eigenvalue weighted by molar-refractivity contribution is 0.0940. The summed E-state index contributed by atoms with van der Waals surface area (Å²) in [6.45, 7) is 1.62. The molecule has 1 aliphatic rings. The van der Waals surface area contributed by atoms with Gasteiger partial charge in [-0.1, -0.05) is 41.6 Å². The number of hydrogen-bond donors (Lipinski definition) is 1. The largest absolute Gasteiger partial charge is 0.355 e. The third-order valence-electron chi connectivity index (χ3n) is 4.35. The predicted molar refractivity (Wildman–Crippen MR) is 94.3 cm³/mol. The quantitative estimate of drug-likeness (QED) is 0.794. The van der Waals surface area contributed by atoms with Gasteiger partial charge in [-0.25, -0.2) is 4.98 Å². The Morgan fingerprint density at radius 2 is 2.00 bits per heavy atom. The minimum absolute atomic E-state index is 0.0769. The number of benzene rings is 1. The first-order valence-electron chi connectivity index (χ1n) is 8.28. The number of pyridine rings is 1. The Hall–Kier alpha value is -3.15. The van der Waals surface area contributed by atoms with Crippen LogP contribution in [0.15, 0.2) is 65.4 Å². The third kappa shape index (κ3) is 3.24. The Kier molecular flexibility index (Phi) is 4.16. The summed E-state index contributed by atoms with van der Waals surface area (Å²) in [6, 6.07) is 15.5. The van der Waals surface area contributed by atoms with Crippen LogP contribution in [-0.4, -0.2) is 35.2 Å². The molecule has 126 valence electrons. The summed E-state index contributed by atoms with van der Waals surface area (Å²) in [7, 11) is 0. The summed E-state index contributed by atoms with van der Waals surface area (Å²) >= 11 is 0. The van der Waals surface area contributed by atoms with Gasteiger partial charge in [-0.3, -0.25) is 4.79 Å². The van der Waals surface area contributed by atoms with Gasteiger partial charge in [0.05, 0.1) is 6.20 Å². The number of anilines is 1. The number of aromatic nitrogens is 2. The van der Waals surface area contributed by atoms with Gasteiger partial charge in [0.1, 0.15) is 11.4 Å². The van der Waals surface area contributed by atoms with Gasteiger partial charge in [-0.15, -0.1) is 0 Å². The van der Waals surface area contributed by atoms with E-state index in [1.54, 1.807) is 6.20 Å². The Labute approximate surface area is 145 Å². The molecule has 1 aromatic carbocycles. The van der Waals surface area contributed by atoms with Gasteiger partial charge >= 0.3 is 0 Å². The lowest BCUT2D eigenvalue weighted by Gasteiger charge is -2.17. The molecule has 0 saturated carbocycles. The van der Waals surface area contributed by atoms with E-state index in [1.807, 2.05) is 48.5 Å². The molecule has 1 aliphatic heterocycles. The molecule has 1 saturated heterocycles. The molecule has 6 heteroatoms. The molecule has 1 N–H and O–H groups in total. The first-order chi connectivity index (χ1) is 12.3. The van der Waals surface area contributed by atoms with Crippen molar-refractivity contribution in [2.45, 2.75) is 12.5 Å². The molecule has 6 nitrogen and oxygen atoms in total. The average Bonchev–Trinajstić information content (AvgIpc) is 3.33. The first kappa shape index (κ1) is 15.4. The van der Waals surface area contributed by atoms with E-state index in [4.69, 9.17) is 4.52 Å². The molecule has 0 bridgehead atoms. The zero-order valence-electron chi connectivity index (χ0n) is 13.6. The van der Waals surface area contributed by atoms with E-state index in [9.17, 15) is 4.79 Å². The number of carbonyl (C=O) groups is 1. The Morgan fingerprint density at radius 3 is 2.80 bits per heavy atom. The normalized spacial score (nSPS) is 16.8. The van der Waals surface area contributed by atoms with Gasteiger partial charge in [0.15, 0.2) is 5.76 Å². The number of nitrogens with one attached hydrogen (secondary N) is 1. The molecule has 1 unspecified atom stereocenters. The smallest absolute Gasteiger partial charge is 0.257 e. The van der Waals surface area contributed by atoms with Crippen molar-refractivity contribution in [2.75, 3.05) is 18.0 Å². The van der Waals surface area contributed by atoms with Crippen LogP contribution in [0.25, 0.3) is 11.3 Å². The zero-order chi connectivity index (χ0) is 17.1. The third-order valence-corrected chi connectivity index (χ3v) is 4.35. The topological polar surface area (TPSA) is 71.3 Å². The van der Waals surface area contributed by atoms with Gasteiger partial charge in [0, 0.05) is 30.9 Å². The molecule has 2 aromatic heterocycles. The molecule has 0 radical (unpaired) electrons. The maximum atomic E-state index is 12.7. The summed E-state index contributed by atoms with van der Waals surface area (Å²) < 4.78 is 5.30. The number of rotatable bonds is 4. The molecule has 3 heterocycles. The van der Waals surface area contributed by atoms with Crippen LogP contribution in [0, 0.1) is 0 Å². The molecule has 1 fully saturated rings. The monoisotopic (exact) mass is 334 g/mol. The molecular formula is C19H18N4O2. The number of hydrogen-bond acceptors (Lipinski definition) is 5. The highest BCUT2D eigenvalue weighted by molar-refractivity contribution is 5.99. The van der Waals surface area contributed by atoms with Crippen LogP contribution in [-0.2, 0) is 0 Å². The maximum Gasteiger partial charge on any atom is 0.257 e. The second-order valence-corrected chi connectivity index (χ2v) is 6.03.